The minimum absolute atomic E-state index is 0.125. The van der Waals surface area contributed by atoms with Gasteiger partial charge in [0.15, 0.2) is 10.9 Å². The number of likely N-dealkylation sites (N-methyl/N-ethyl adjacent to an activating group) is 1. The van der Waals surface area contributed by atoms with E-state index in [1.807, 2.05) is 18.5 Å². The van der Waals surface area contributed by atoms with Crippen LogP contribution in [0.5, 0.6) is 0 Å². The monoisotopic (exact) mass is 330 g/mol. The molecule has 1 N–H and O–H groups in total. The van der Waals surface area contributed by atoms with Crippen molar-refractivity contribution in [1.82, 2.24) is 20.1 Å². The molecule has 0 atom stereocenters. The van der Waals surface area contributed by atoms with Gasteiger partial charge in [-0.15, -0.1) is 16.4 Å². The Balaban J connectivity index is 1.30. The molecule has 0 unspecified atom stereocenters. The average molecular weight is 330 g/mol. The maximum Gasteiger partial charge on any atom is 0.323 e. The Kier molecular flexibility index (Phi) is 3.60. The van der Waals surface area contributed by atoms with Gasteiger partial charge in [0.25, 0.3) is 0 Å². The zero-order valence-corrected chi connectivity index (χ0v) is 13.7. The smallest absolute Gasteiger partial charge is 0.323 e. The summed E-state index contributed by atoms with van der Waals surface area (Å²) in [6.07, 6.45) is 4.15. The van der Waals surface area contributed by atoms with Crippen LogP contribution in [0.15, 0.2) is 23.7 Å². The van der Waals surface area contributed by atoms with Crippen LogP contribution >= 0.6 is 11.3 Å². The summed E-state index contributed by atoms with van der Waals surface area (Å²) in [5.74, 6) is 1.51. The number of urea groups is 1. The summed E-state index contributed by atoms with van der Waals surface area (Å²) < 4.78 is 0. The molecule has 0 radical (unpaired) electrons. The van der Waals surface area contributed by atoms with Gasteiger partial charge in [-0.2, -0.15) is 5.10 Å². The lowest BCUT2D eigenvalue weighted by Gasteiger charge is -2.44. The van der Waals surface area contributed by atoms with E-state index in [0.717, 1.165) is 24.6 Å². The second-order valence-corrected chi connectivity index (χ2v) is 6.92. The number of nitrogens with one attached hydrogen (secondary N) is 1. The molecule has 7 nitrogen and oxygen atoms in total. The molecule has 1 saturated carbocycles. The summed E-state index contributed by atoms with van der Waals surface area (Å²) in [6.45, 7) is 1.55. The average Bonchev–Trinajstić information content (AvgIpc) is 3.24. The number of nitrogens with zero attached hydrogens (tertiary/aromatic N) is 5. The van der Waals surface area contributed by atoms with Crippen molar-refractivity contribution in [3.63, 3.8) is 0 Å². The Morgan fingerprint density at radius 3 is 2.78 bits per heavy atom. The van der Waals surface area contributed by atoms with Crippen molar-refractivity contribution in [2.24, 2.45) is 0 Å². The van der Waals surface area contributed by atoms with Crippen LogP contribution in [0.3, 0.4) is 0 Å². The van der Waals surface area contributed by atoms with Gasteiger partial charge in [0.05, 0.1) is 11.7 Å². The van der Waals surface area contributed by atoms with Crippen LogP contribution in [-0.2, 0) is 0 Å². The number of hydrogen-bond acceptors (Lipinski definition) is 6. The number of hydrogen-bond donors (Lipinski definition) is 1. The van der Waals surface area contributed by atoms with E-state index in [4.69, 9.17) is 0 Å². The molecule has 2 fully saturated rings. The van der Waals surface area contributed by atoms with Crippen molar-refractivity contribution in [3.8, 4) is 0 Å². The fraction of sp³-hybridized carbons (Fsp3) is 0.467. The lowest BCUT2D eigenvalue weighted by atomic mass is 10.1. The van der Waals surface area contributed by atoms with Crippen molar-refractivity contribution in [1.29, 1.82) is 0 Å². The van der Waals surface area contributed by atoms with Crippen LogP contribution in [0.1, 0.15) is 24.5 Å². The summed E-state index contributed by atoms with van der Waals surface area (Å²) >= 11 is 1.41. The predicted molar refractivity (Wildman–Crippen MR) is 88.9 cm³/mol. The van der Waals surface area contributed by atoms with Gasteiger partial charge in [0.1, 0.15) is 0 Å². The van der Waals surface area contributed by atoms with E-state index in [1.54, 1.807) is 11.1 Å². The number of carbonyl (C=O) groups excluding carboxylic acids is 1. The molecule has 0 bridgehead atoms. The first-order chi connectivity index (χ1) is 11.2. The molecule has 0 spiro atoms. The van der Waals surface area contributed by atoms with E-state index in [1.165, 1.54) is 24.2 Å². The van der Waals surface area contributed by atoms with Gasteiger partial charge in [-0.3, -0.25) is 5.32 Å². The third-order valence-corrected chi connectivity index (χ3v) is 5.06. The van der Waals surface area contributed by atoms with Crippen LogP contribution in [0, 0.1) is 0 Å². The molecule has 8 heteroatoms. The number of thiazole rings is 1. The highest BCUT2D eigenvalue weighted by atomic mass is 32.1. The first-order valence-corrected chi connectivity index (χ1v) is 8.60. The van der Waals surface area contributed by atoms with Crippen molar-refractivity contribution >= 4 is 28.3 Å². The van der Waals surface area contributed by atoms with Crippen LogP contribution < -0.4 is 10.2 Å². The van der Waals surface area contributed by atoms with Crippen molar-refractivity contribution in [3.05, 3.63) is 29.4 Å². The maximum atomic E-state index is 12.1. The predicted octanol–water partition coefficient (Wildman–Crippen LogP) is 2.16. The number of aromatic nitrogens is 3. The molecule has 3 heterocycles. The van der Waals surface area contributed by atoms with Gasteiger partial charge in [0.2, 0.25) is 0 Å². The Hall–Kier alpha value is -2.22. The SMILES string of the molecule is CN(C(=O)Nc1nccs1)C1CN(c2ccc(C3CC3)nn2)C1. The molecule has 2 aromatic heterocycles. The maximum absolute atomic E-state index is 12.1. The topological polar surface area (TPSA) is 74.2 Å². The molecule has 120 valence electrons. The van der Waals surface area contributed by atoms with Gasteiger partial charge in [-0.1, -0.05) is 0 Å². The van der Waals surface area contributed by atoms with E-state index < -0.39 is 0 Å². The largest absolute Gasteiger partial charge is 0.351 e. The first-order valence-electron chi connectivity index (χ1n) is 7.72. The highest BCUT2D eigenvalue weighted by Gasteiger charge is 2.34. The Morgan fingerprint density at radius 1 is 1.35 bits per heavy atom. The Bertz CT molecular complexity index is 679. The molecule has 23 heavy (non-hydrogen) atoms. The molecule has 1 aliphatic heterocycles. The summed E-state index contributed by atoms with van der Waals surface area (Å²) in [4.78, 5) is 20.1. The molecule has 2 amide bonds. The van der Waals surface area contributed by atoms with Crippen LogP contribution in [0.2, 0.25) is 0 Å². The lowest BCUT2D eigenvalue weighted by Crippen LogP contribution is -2.60. The highest BCUT2D eigenvalue weighted by molar-refractivity contribution is 7.13. The Labute approximate surface area is 138 Å². The molecule has 2 aliphatic rings. The molecular weight excluding hydrogens is 312 g/mol. The molecule has 4 rings (SSSR count). The highest BCUT2D eigenvalue weighted by Crippen LogP contribution is 2.38. The normalized spacial score (nSPS) is 17.7. The number of carbonyl (C=O) groups is 1. The van der Waals surface area contributed by atoms with Crippen molar-refractivity contribution in [2.75, 3.05) is 30.4 Å². The zero-order valence-electron chi connectivity index (χ0n) is 12.8. The molecule has 2 aromatic rings. The summed E-state index contributed by atoms with van der Waals surface area (Å²) in [5, 5.41) is 13.9. The van der Waals surface area contributed by atoms with E-state index in [9.17, 15) is 4.79 Å². The van der Waals surface area contributed by atoms with E-state index in [0.29, 0.717) is 11.0 Å². The summed E-state index contributed by atoms with van der Waals surface area (Å²) in [5.41, 5.74) is 1.10. The number of anilines is 2. The zero-order chi connectivity index (χ0) is 15.8. The quantitative estimate of drug-likeness (QED) is 0.930. The van der Waals surface area contributed by atoms with Gasteiger partial charge >= 0.3 is 6.03 Å². The minimum Gasteiger partial charge on any atom is -0.351 e. The van der Waals surface area contributed by atoms with E-state index >= 15 is 0 Å². The summed E-state index contributed by atoms with van der Waals surface area (Å²) in [7, 11) is 1.81. The third-order valence-electron chi connectivity index (χ3n) is 4.37. The molecule has 1 aliphatic carbocycles. The number of amides is 2. The number of rotatable bonds is 4. The fourth-order valence-electron chi connectivity index (χ4n) is 2.62. The van der Waals surface area contributed by atoms with Crippen LogP contribution in [0.4, 0.5) is 15.7 Å². The minimum atomic E-state index is -0.125. The molecule has 1 saturated heterocycles. The van der Waals surface area contributed by atoms with Crippen molar-refractivity contribution in [2.45, 2.75) is 24.8 Å². The van der Waals surface area contributed by atoms with Crippen LogP contribution in [0.25, 0.3) is 0 Å². The standard InChI is InChI=1S/C15H18N6OS/c1-20(15(22)17-14-16-6-7-23-14)11-8-21(9-11)13-5-4-12(18-19-13)10-2-3-10/h4-7,10-11H,2-3,8-9H2,1H3,(H,16,17,22). The van der Waals surface area contributed by atoms with Gasteiger partial charge < -0.3 is 9.80 Å². The van der Waals surface area contributed by atoms with Gasteiger partial charge in [0, 0.05) is 37.6 Å². The summed E-state index contributed by atoms with van der Waals surface area (Å²) in [6, 6.07) is 4.17. The van der Waals surface area contributed by atoms with Gasteiger partial charge in [-0.05, 0) is 25.0 Å². The lowest BCUT2D eigenvalue weighted by molar-refractivity contribution is 0.191. The second-order valence-electron chi connectivity index (χ2n) is 6.03. The van der Waals surface area contributed by atoms with E-state index in [2.05, 4.69) is 31.5 Å². The fourth-order valence-corrected chi connectivity index (χ4v) is 3.14. The van der Waals surface area contributed by atoms with Crippen molar-refractivity contribution < 1.29 is 4.79 Å². The van der Waals surface area contributed by atoms with E-state index in [-0.39, 0.29) is 12.1 Å². The molecule has 0 aromatic carbocycles. The van der Waals surface area contributed by atoms with Gasteiger partial charge in [-0.25, -0.2) is 9.78 Å². The third kappa shape index (κ3) is 2.98. The molecular formula is C15H18N6OS. The second kappa shape index (κ2) is 5.77. The Morgan fingerprint density at radius 2 is 2.17 bits per heavy atom. The van der Waals surface area contributed by atoms with Crippen LogP contribution in [-0.4, -0.2) is 52.3 Å². The first kappa shape index (κ1) is 14.4.